The van der Waals surface area contributed by atoms with Crippen LogP contribution in [0.25, 0.3) is 0 Å². The van der Waals surface area contributed by atoms with Crippen LogP contribution < -0.4 is 17.0 Å². The van der Waals surface area contributed by atoms with Crippen LogP contribution in [0.3, 0.4) is 0 Å². The lowest BCUT2D eigenvalue weighted by molar-refractivity contribution is -0.120. The summed E-state index contributed by atoms with van der Waals surface area (Å²) in [4.78, 5) is 12.6. The third-order valence-electron chi connectivity index (χ3n) is 2.21. The van der Waals surface area contributed by atoms with Crippen molar-refractivity contribution >= 4 is 39.3 Å². The number of hydrogen-bond acceptors (Lipinski definition) is 4. The maximum atomic E-state index is 11.6. The molecule has 0 aliphatic heterocycles. The summed E-state index contributed by atoms with van der Waals surface area (Å²) < 4.78 is 0.897. The summed E-state index contributed by atoms with van der Waals surface area (Å²) in [6.45, 7) is 2.04. The molecule has 0 heterocycles. The predicted molar refractivity (Wildman–Crippen MR) is 75.4 cm³/mol. The lowest BCUT2D eigenvalue weighted by Gasteiger charge is -2.15. The number of amides is 1. The Balaban J connectivity index is 2.82. The van der Waals surface area contributed by atoms with Gasteiger partial charge in [0, 0.05) is 15.1 Å². The molecule has 0 bridgehead atoms. The zero-order chi connectivity index (χ0) is 12.8. The quantitative estimate of drug-likeness (QED) is 0.256. The lowest BCUT2D eigenvalue weighted by Crippen LogP contribution is -2.37. The van der Waals surface area contributed by atoms with Gasteiger partial charge in [0.25, 0.3) is 0 Å². The van der Waals surface area contributed by atoms with E-state index in [4.69, 9.17) is 11.6 Å². The van der Waals surface area contributed by atoms with Crippen LogP contribution in [0, 0.1) is 0 Å². The molecule has 0 radical (unpaired) electrons. The Bertz CT molecular complexity index is 400. The van der Waals surface area contributed by atoms with E-state index in [1.807, 2.05) is 25.1 Å². The van der Waals surface area contributed by atoms with Crippen LogP contribution in [0.5, 0.6) is 0 Å². The summed E-state index contributed by atoms with van der Waals surface area (Å²) in [6, 6.07) is 5.54. The Morgan fingerprint density at radius 3 is 2.82 bits per heavy atom. The molecule has 4 nitrogen and oxygen atoms in total. The average Bonchev–Trinajstić information content (AvgIpc) is 2.30. The fraction of sp³-hybridized carbons (Fsp3) is 0.364. The van der Waals surface area contributed by atoms with E-state index in [9.17, 15) is 4.79 Å². The number of carbonyl (C=O) groups is 1. The number of hydrogen-bond donors (Lipinski definition) is 3. The fourth-order valence-electron chi connectivity index (χ4n) is 1.36. The molecule has 0 saturated carbocycles. The predicted octanol–water partition coefficient (Wildman–Crippen LogP) is 2.28. The number of nitrogens with two attached hydrogens (primary N) is 2. The number of carbonyl (C=O) groups excluding carboxylic acids is 1. The van der Waals surface area contributed by atoms with Crippen molar-refractivity contribution in [2.45, 2.75) is 29.9 Å². The molecule has 5 N–H and O–H groups in total. The zero-order valence-corrected chi connectivity index (χ0v) is 12.0. The molecule has 0 aliphatic carbocycles. The topological polar surface area (TPSA) is 81.1 Å². The maximum Gasteiger partial charge on any atom is 0.247 e. The van der Waals surface area contributed by atoms with Gasteiger partial charge in [-0.1, -0.05) is 13.3 Å². The second kappa shape index (κ2) is 6.88. The molecule has 94 valence electrons. The molecule has 0 aliphatic rings. The van der Waals surface area contributed by atoms with Crippen LogP contribution in [0.15, 0.2) is 27.6 Å². The highest BCUT2D eigenvalue weighted by Gasteiger charge is 2.19. The summed E-state index contributed by atoms with van der Waals surface area (Å²) in [5, 5.41) is -0.176. The number of nitrogen functional groups attached to an aromatic ring is 1. The SMILES string of the molecule is CCCC(Sc1ccc(N)cc1Br)C(=O)NN. The summed E-state index contributed by atoms with van der Waals surface area (Å²) in [5.41, 5.74) is 8.56. The first-order valence-corrected chi connectivity index (χ1v) is 6.97. The van der Waals surface area contributed by atoms with E-state index in [0.717, 1.165) is 22.2 Å². The van der Waals surface area contributed by atoms with Gasteiger partial charge in [-0.05, 0) is 40.5 Å². The molecule has 0 saturated heterocycles. The van der Waals surface area contributed by atoms with Crippen LogP contribution in [0.4, 0.5) is 5.69 Å². The van der Waals surface area contributed by atoms with Gasteiger partial charge in [0.1, 0.15) is 0 Å². The third-order valence-corrected chi connectivity index (χ3v) is 4.47. The van der Waals surface area contributed by atoms with E-state index in [-0.39, 0.29) is 11.2 Å². The van der Waals surface area contributed by atoms with Crippen molar-refractivity contribution in [3.05, 3.63) is 22.7 Å². The van der Waals surface area contributed by atoms with Crippen LogP contribution in [-0.2, 0) is 4.79 Å². The number of hydrazine groups is 1. The number of anilines is 1. The standard InChI is InChI=1S/C11H16BrN3OS/c1-2-3-10(11(16)15-14)17-9-5-4-7(13)6-8(9)12/h4-6,10H,2-3,13-14H2,1H3,(H,15,16). The Kier molecular flexibility index (Phi) is 5.80. The molecule has 1 aromatic carbocycles. The van der Waals surface area contributed by atoms with E-state index in [0.29, 0.717) is 5.69 Å². The highest BCUT2D eigenvalue weighted by atomic mass is 79.9. The van der Waals surface area contributed by atoms with Gasteiger partial charge in [-0.25, -0.2) is 5.84 Å². The van der Waals surface area contributed by atoms with Crippen molar-refractivity contribution in [2.24, 2.45) is 5.84 Å². The van der Waals surface area contributed by atoms with Gasteiger partial charge in [-0.2, -0.15) is 0 Å². The number of benzene rings is 1. The first-order chi connectivity index (χ1) is 8.08. The van der Waals surface area contributed by atoms with E-state index in [1.54, 1.807) is 0 Å². The van der Waals surface area contributed by atoms with Crippen molar-refractivity contribution in [3.63, 3.8) is 0 Å². The number of nitrogens with one attached hydrogen (secondary N) is 1. The Morgan fingerprint density at radius 2 is 2.29 bits per heavy atom. The first-order valence-electron chi connectivity index (χ1n) is 5.30. The van der Waals surface area contributed by atoms with E-state index >= 15 is 0 Å². The van der Waals surface area contributed by atoms with Crippen LogP contribution >= 0.6 is 27.7 Å². The molecule has 1 amide bonds. The molecule has 0 fully saturated rings. The van der Waals surface area contributed by atoms with Crippen molar-refractivity contribution in [3.8, 4) is 0 Å². The first kappa shape index (κ1) is 14.3. The largest absolute Gasteiger partial charge is 0.399 e. The van der Waals surface area contributed by atoms with Gasteiger partial charge in [0.05, 0.1) is 5.25 Å². The van der Waals surface area contributed by atoms with Gasteiger partial charge in [0.2, 0.25) is 5.91 Å². The summed E-state index contributed by atoms with van der Waals surface area (Å²) >= 11 is 4.92. The molecule has 1 rings (SSSR count). The van der Waals surface area contributed by atoms with Crippen LogP contribution in [-0.4, -0.2) is 11.2 Å². The van der Waals surface area contributed by atoms with Gasteiger partial charge in [-0.15, -0.1) is 11.8 Å². The minimum absolute atomic E-state index is 0.152. The molecule has 1 aromatic rings. The van der Waals surface area contributed by atoms with E-state index in [1.165, 1.54) is 11.8 Å². The van der Waals surface area contributed by atoms with Crippen LogP contribution in [0.2, 0.25) is 0 Å². The summed E-state index contributed by atoms with van der Waals surface area (Å²) in [6.07, 6.45) is 1.71. The second-order valence-corrected chi connectivity index (χ2v) is 5.69. The van der Waals surface area contributed by atoms with Gasteiger partial charge < -0.3 is 5.73 Å². The smallest absolute Gasteiger partial charge is 0.247 e. The third kappa shape index (κ3) is 4.22. The molecule has 0 aromatic heterocycles. The molecule has 0 spiro atoms. The minimum atomic E-state index is -0.176. The number of thioether (sulfide) groups is 1. The number of halogens is 1. The lowest BCUT2D eigenvalue weighted by atomic mass is 10.2. The Hall–Kier alpha value is -0.720. The maximum absolute atomic E-state index is 11.6. The van der Waals surface area contributed by atoms with E-state index < -0.39 is 0 Å². The monoisotopic (exact) mass is 317 g/mol. The van der Waals surface area contributed by atoms with Crippen molar-refractivity contribution in [2.75, 3.05) is 5.73 Å². The van der Waals surface area contributed by atoms with Crippen molar-refractivity contribution in [1.29, 1.82) is 0 Å². The van der Waals surface area contributed by atoms with Crippen molar-refractivity contribution in [1.82, 2.24) is 5.43 Å². The Labute approximate surface area is 114 Å². The highest BCUT2D eigenvalue weighted by Crippen LogP contribution is 2.33. The highest BCUT2D eigenvalue weighted by molar-refractivity contribution is 9.10. The molecular weight excluding hydrogens is 302 g/mol. The average molecular weight is 318 g/mol. The van der Waals surface area contributed by atoms with E-state index in [2.05, 4.69) is 21.4 Å². The fourth-order valence-corrected chi connectivity index (χ4v) is 3.19. The zero-order valence-electron chi connectivity index (χ0n) is 9.57. The van der Waals surface area contributed by atoms with Gasteiger partial charge in [0.15, 0.2) is 0 Å². The Morgan fingerprint density at radius 1 is 1.59 bits per heavy atom. The summed E-state index contributed by atoms with van der Waals surface area (Å²) in [5.74, 6) is 5.02. The summed E-state index contributed by atoms with van der Waals surface area (Å²) in [7, 11) is 0. The molecule has 6 heteroatoms. The normalized spacial score (nSPS) is 12.2. The van der Waals surface area contributed by atoms with Crippen LogP contribution in [0.1, 0.15) is 19.8 Å². The second-order valence-electron chi connectivity index (χ2n) is 3.59. The molecule has 1 unspecified atom stereocenters. The molecule has 17 heavy (non-hydrogen) atoms. The number of rotatable bonds is 5. The van der Waals surface area contributed by atoms with Gasteiger partial charge >= 0.3 is 0 Å². The minimum Gasteiger partial charge on any atom is -0.399 e. The molecular formula is C11H16BrN3OS. The van der Waals surface area contributed by atoms with Gasteiger partial charge in [-0.3, -0.25) is 10.2 Å². The molecule has 1 atom stereocenters. The van der Waals surface area contributed by atoms with Crippen molar-refractivity contribution < 1.29 is 4.79 Å².